The molecule has 7 heteroatoms. The molecule has 36 heavy (non-hydrogen) atoms. The number of rotatable bonds is 8. The fraction of sp³-hybridized carbons (Fsp3) is 0.655. The van der Waals surface area contributed by atoms with Crippen LogP contribution in [0.2, 0.25) is 0 Å². The predicted octanol–water partition coefficient (Wildman–Crippen LogP) is 4.85. The minimum Gasteiger partial charge on any atom is -0.490 e. The van der Waals surface area contributed by atoms with Crippen LogP contribution in [0.4, 0.5) is 0 Å². The zero-order valence-corrected chi connectivity index (χ0v) is 21.1. The summed E-state index contributed by atoms with van der Waals surface area (Å²) in [7, 11) is 0. The van der Waals surface area contributed by atoms with Crippen LogP contribution >= 0.6 is 0 Å². The summed E-state index contributed by atoms with van der Waals surface area (Å²) in [5.74, 6) is 3.31. The molecule has 2 saturated carbocycles. The van der Waals surface area contributed by atoms with Gasteiger partial charge >= 0.3 is 0 Å². The molecule has 194 valence electrons. The van der Waals surface area contributed by atoms with Crippen molar-refractivity contribution in [3.8, 4) is 11.8 Å². The van der Waals surface area contributed by atoms with Crippen molar-refractivity contribution in [1.82, 2.24) is 9.55 Å². The molecule has 2 aromatic rings. The average molecular weight is 495 g/mol. The normalized spacial score (nSPS) is 29.4. The van der Waals surface area contributed by atoms with Crippen molar-refractivity contribution in [2.45, 2.75) is 89.1 Å². The quantitative estimate of drug-likeness (QED) is 0.522. The third-order valence-corrected chi connectivity index (χ3v) is 8.55. The van der Waals surface area contributed by atoms with E-state index >= 15 is 0 Å². The number of fused-ring (bicyclic) bond motifs is 3. The van der Waals surface area contributed by atoms with Gasteiger partial charge in [0.2, 0.25) is 0 Å². The second kappa shape index (κ2) is 10.9. The first-order chi connectivity index (χ1) is 17.7. The molecule has 1 aromatic carbocycles. The Morgan fingerprint density at radius 2 is 1.75 bits per heavy atom. The van der Waals surface area contributed by atoms with Crippen molar-refractivity contribution in [1.29, 1.82) is 0 Å². The van der Waals surface area contributed by atoms with Crippen LogP contribution in [0, 0.1) is 11.8 Å². The van der Waals surface area contributed by atoms with E-state index in [1.165, 1.54) is 44.1 Å². The maximum absolute atomic E-state index is 12.1. The van der Waals surface area contributed by atoms with Gasteiger partial charge in [-0.15, -0.1) is 0 Å². The highest BCUT2D eigenvalue weighted by atomic mass is 16.7. The molecule has 2 atom stereocenters. The van der Waals surface area contributed by atoms with Crippen molar-refractivity contribution in [2.24, 2.45) is 11.8 Å². The fourth-order valence-corrected chi connectivity index (χ4v) is 6.83. The lowest BCUT2D eigenvalue weighted by Crippen LogP contribution is -2.30. The Labute approximate surface area is 213 Å². The minimum atomic E-state index is -0.283. The Balaban J connectivity index is 1.03. The van der Waals surface area contributed by atoms with E-state index in [2.05, 4.69) is 29.2 Å². The van der Waals surface area contributed by atoms with Crippen LogP contribution in [0.5, 0.6) is 11.8 Å². The molecule has 6 rings (SSSR count). The highest BCUT2D eigenvalue weighted by Crippen LogP contribution is 2.50. The molecule has 7 nitrogen and oxygen atoms in total. The summed E-state index contributed by atoms with van der Waals surface area (Å²) >= 11 is 0. The molecule has 1 saturated heterocycles. The number of nitrogens with zero attached hydrogens (tertiary/aromatic N) is 2. The van der Waals surface area contributed by atoms with E-state index in [0.717, 1.165) is 55.1 Å². The Morgan fingerprint density at radius 3 is 2.47 bits per heavy atom. The number of aromatic nitrogens is 2. The summed E-state index contributed by atoms with van der Waals surface area (Å²) in [6.07, 6.45) is 11.8. The predicted molar refractivity (Wildman–Crippen MR) is 136 cm³/mol. The fourth-order valence-electron chi connectivity index (χ4n) is 6.83. The molecule has 2 aliphatic carbocycles. The van der Waals surface area contributed by atoms with Gasteiger partial charge in [0, 0.05) is 24.8 Å². The van der Waals surface area contributed by atoms with Crippen molar-refractivity contribution in [3.63, 3.8) is 0 Å². The molecule has 0 N–H and O–H groups in total. The minimum absolute atomic E-state index is 0.133. The monoisotopic (exact) mass is 494 g/mol. The van der Waals surface area contributed by atoms with Gasteiger partial charge in [-0.25, -0.2) is 0 Å². The van der Waals surface area contributed by atoms with Crippen LogP contribution in [-0.4, -0.2) is 41.8 Å². The highest BCUT2D eigenvalue weighted by molar-refractivity contribution is 5.31. The second-order valence-corrected chi connectivity index (χ2v) is 10.9. The third kappa shape index (κ3) is 5.32. The summed E-state index contributed by atoms with van der Waals surface area (Å²) in [6.45, 7) is 2.29. The third-order valence-electron chi connectivity index (χ3n) is 8.55. The summed E-state index contributed by atoms with van der Waals surface area (Å²) in [6, 6.07) is 10.7. The number of hydrogen-bond donors (Lipinski definition) is 0. The van der Waals surface area contributed by atoms with Gasteiger partial charge in [-0.2, -0.15) is 4.98 Å². The summed E-state index contributed by atoms with van der Waals surface area (Å²) in [5.41, 5.74) is 2.08. The SMILES string of the molecule is O=c1cc(CCO[C@H]2CCCCO2)n2c(n1)OC(COc1ccc(C3C4CCCC3CCC4)cc1)C2. The lowest BCUT2D eigenvalue weighted by Gasteiger charge is -2.43. The molecule has 3 heterocycles. The number of ether oxygens (including phenoxy) is 4. The molecule has 0 amide bonds. The maximum atomic E-state index is 12.1. The first kappa shape index (κ1) is 24.0. The zero-order chi connectivity index (χ0) is 24.3. The van der Waals surface area contributed by atoms with Gasteiger partial charge in [0.25, 0.3) is 11.6 Å². The summed E-state index contributed by atoms with van der Waals surface area (Å²) in [4.78, 5) is 16.2. The largest absolute Gasteiger partial charge is 0.490 e. The van der Waals surface area contributed by atoms with Crippen LogP contribution in [0.25, 0.3) is 0 Å². The first-order valence-corrected chi connectivity index (χ1v) is 14.0. The van der Waals surface area contributed by atoms with Gasteiger partial charge in [-0.3, -0.25) is 9.36 Å². The Kier molecular flexibility index (Phi) is 7.28. The van der Waals surface area contributed by atoms with Crippen molar-refractivity contribution >= 4 is 0 Å². The molecule has 1 aromatic heterocycles. The van der Waals surface area contributed by atoms with E-state index in [1.807, 2.05) is 4.57 Å². The molecular weight excluding hydrogens is 456 g/mol. The van der Waals surface area contributed by atoms with E-state index in [-0.39, 0.29) is 18.0 Å². The Bertz CT molecular complexity index is 1060. The molecule has 0 spiro atoms. The first-order valence-electron chi connectivity index (χ1n) is 14.0. The van der Waals surface area contributed by atoms with Crippen LogP contribution in [0.3, 0.4) is 0 Å². The van der Waals surface area contributed by atoms with Gasteiger partial charge < -0.3 is 18.9 Å². The van der Waals surface area contributed by atoms with E-state index in [9.17, 15) is 4.79 Å². The van der Waals surface area contributed by atoms with Gasteiger partial charge in [0.15, 0.2) is 12.4 Å². The van der Waals surface area contributed by atoms with E-state index in [0.29, 0.717) is 32.2 Å². The van der Waals surface area contributed by atoms with Gasteiger partial charge in [-0.05, 0) is 80.4 Å². The van der Waals surface area contributed by atoms with Crippen LogP contribution in [0.1, 0.15) is 75.0 Å². The summed E-state index contributed by atoms with van der Waals surface area (Å²) < 4.78 is 25.6. The second-order valence-electron chi connectivity index (χ2n) is 10.9. The van der Waals surface area contributed by atoms with Crippen LogP contribution < -0.4 is 15.0 Å². The lowest BCUT2D eigenvalue weighted by molar-refractivity contribution is -0.161. The molecule has 4 aliphatic rings. The van der Waals surface area contributed by atoms with E-state index in [1.54, 1.807) is 6.07 Å². The number of benzene rings is 1. The molecule has 2 bridgehead atoms. The Hall–Kier alpha value is -2.38. The maximum Gasteiger partial charge on any atom is 0.300 e. The van der Waals surface area contributed by atoms with Gasteiger partial charge in [-0.1, -0.05) is 25.0 Å². The zero-order valence-electron chi connectivity index (χ0n) is 21.1. The molecule has 1 unspecified atom stereocenters. The molecule has 3 fully saturated rings. The van der Waals surface area contributed by atoms with Gasteiger partial charge in [0.05, 0.1) is 13.2 Å². The van der Waals surface area contributed by atoms with Crippen molar-refractivity contribution in [2.75, 3.05) is 19.8 Å². The topological polar surface area (TPSA) is 71.8 Å². The highest BCUT2D eigenvalue weighted by Gasteiger charge is 2.37. The molecule has 0 radical (unpaired) electrons. The Morgan fingerprint density at radius 1 is 0.972 bits per heavy atom. The molecular formula is C29H38N2O5. The standard InChI is InChI=1S/C29H38N2O5/c32-26-17-23(14-16-34-27-9-1-2-15-33-27)31-18-25(36-29(31)30-26)19-35-24-12-10-22(11-13-24)28-20-5-3-6-21(28)8-4-7-20/h10-13,17,20-21,25,27-28H,1-9,14-16,18-19H2/t20?,21?,25?,27-,28?/m0/s1. The average Bonchev–Trinajstić information content (AvgIpc) is 3.31. The van der Waals surface area contributed by atoms with Crippen molar-refractivity contribution < 1.29 is 18.9 Å². The van der Waals surface area contributed by atoms with Crippen molar-refractivity contribution in [3.05, 3.63) is 51.9 Å². The van der Waals surface area contributed by atoms with E-state index in [4.69, 9.17) is 18.9 Å². The number of hydrogen-bond acceptors (Lipinski definition) is 6. The van der Waals surface area contributed by atoms with E-state index < -0.39 is 0 Å². The van der Waals surface area contributed by atoms with Crippen LogP contribution in [0.15, 0.2) is 35.1 Å². The molecule has 2 aliphatic heterocycles. The smallest absolute Gasteiger partial charge is 0.300 e. The van der Waals surface area contributed by atoms with Gasteiger partial charge in [0.1, 0.15) is 12.4 Å². The summed E-state index contributed by atoms with van der Waals surface area (Å²) in [5, 5.41) is 0. The lowest BCUT2D eigenvalue weighted by atomic mass is 9.62. The van der Waals surface area contributed by atoms with Crippen LogP contribution in [-0.2, 0) is 22.4 Å².